The van der Waals surface area contributed by atoms with Gasteiger partial charge in [-0.05, 0) is 84.3 Å². The number of hydrogen-bond donors (Lipinski definition) is 2. The van der Waals surface area contributed by atoms with Crippen molar-refractivity contribution in [2.45, 2.75) is 36.5 Å². The molecule has 1 saturated carbocycles. The number of anilines is 2. The Bertz CT molecular complexity index is 2650. The van der Waals surface area contributed by atoms with E-state index in [1.807, 2.05) is 0 Å². The fourth-order valence-electron chi connectivity index (χ4n) is 9.83. The summed E-state index contributed by atoms with van der Waals surface area (Å²) in [6.45, 7) is 0. The van der Waals surface area contributed by atoms with Crippen molar-refractivity contribution in [2.24, 2.45) is 23.7 Å². The number of aromatic hydroxyl groups is 1. The first kappa shape index (κ1) is 39.3. The molecule has 3 fully saturated rings. The van der Waals surface area contributed by atoms with Crippen LogP contribution >= 0.6 is 11.6 Å². The number of benzene rings is 5. The molecule has 0 bridgehead atoms. The summed E-state index contributed by atoms with van der Waals surface area (Å²) in [5.74, 6) is -10.8. The van der Waals surface area contributed by atoms with Crippen LogP contribution in [-0.4, -0.2) is 33.7 Å². The summed E-state index contributed by atoms with van der Waals surface area (Å²) in [5, 5.41) is 14.2. The second-order valence-corrected chi connectivity index (χ2v) is 15.8. The predicted molar refractivity (Wildman–Crippen MR) is 204 cm³/mol. The third-order valence-corrected chi connectivity index (χ3v) is 12.6. The topological polar surface area (TPSA) is 107 Å². The molecular weight excluding hydrogens is 819 g/mol. The number of amides is 4. The number of rotatable bonds is 5. The fraction of sp³-hybridized carbons (Fsp3) is 0.227. The molecule has 2 saturated heterocycles. The van der Waals surface area contributed by atoms with Crippen LogP contribution in [0.15, 0.2) is 115 Å². The maximum Gasteiger partial charge on any atom is 0.416 e. The van der Waals surface area contributed by atoms with Crippen molar-refractivity contribution in [1.29, 1.82) is 0 Å². The SMILES string of the molecule is O=C1C2CC3C(=CCC4C(=O)N(c5cc(C(F)(F)F)cc(C(F)(F)F)c5)C(=O)C43)C(c3ccc4ccccc4c3O)C2(c2ccc(Cl)cc2)C(=O)N1Nc1ccc(F)cc1. The average molecular weight is 848 g/mol. The zero-order valence-electron chi connectivity index (χ0n) is 30.7. The summed E-state index contributed by atoms with van der Waals surface area (Å²) < 4.78 is 97.8. The lowest BCUT2D eigenvalue weighted by molar-refractivity contribution is -0.143. The van der Waals surface area contributed by atoms with Gasteiger partial charge in [-0.15, -0.1) is 0 Å². The number of hydrogen-bond acceptors (Lipinski definition) is 6. The minimum absolute atomic E-state index is 0.103. The Hall–Kier alpha value is -6.22. The van der Waals surface area contributed by atoms with E-state index in [0.29, 0.717) is 44.0 Å². The van der Waals surface area contributed by atoms with E-state index in [1.54, 1.807) is 54.6 Å². The molecule has 6 atom stereocenters. The molecule has 306 valence electrons. The second-order valence-electron chi connectivity index (χ2n) is 15.4. The molecule has 0 aromatic heterocycles. The number of nitrogens with zero attached hydrogens (tertiary/aromatic N) is 2. The highest BCUT2D eigenvalue weighted by Crippen LogP contribution is 2.65. The third-order valence-electron chi connectivity index (χ3n) is 12.3. The van der Waals surface area contributed by atoms with Gasteiger partial charge in [0.2, 0.25) is 11.8 Å². The van der Waals surface area contributed by atoms with Gasteiger partial charge >= 0.3 is 12.4 Å². The van der Waals surface area contributed by atoms with Gasteiger partial charge in [-0.2, -0.15) is 31.4 Å². The molecule has 4 aliphatic rings. The summed E-state index contributed by atoms with van der Waals surface area (Å²) in [6, 6.07) is 21.7. The number of phenolic OH excluding ortho intramolecular Hbond substituents is 1. The van der Waals surface area contributed by atoms with Crippen molar-refractivity contribution >= 4 is 57.4 Å². The summed E-state index contributed by atoms with van der Waals surface area (Å²) in [4.78, 5) is 59.4. The first-order valence-corrected chi connectivity index (χ1v) is 19.0. The van der Waals surface area contributed by atoms with E-state index < -0.39 is 93.6 Å². The van der Waals surface area contributed by atoms with Crippen LogP contribution in [0.2, 0.25) is 5.02 Å². The highest BCUT2D eigenvalue weighted by Gasteiger charge is 2.71. The van der Waals surface area contributed by atoms with Crippen molar-refractivity contribution in [2.75, 3.05) is 10.3 Å². The van der Waals surface area contributed by atoms with E-state index >= 15 is 4.79 Å². The molecule has 4 amide bonds. The van der Waals surface area contributed by atoms with Crippen molar-refractivity contribution < 1.29 is 55.0 Å². The zero-order valence-corrected chi connectivity index (χ0v) is 31.4. The van der Waals surface area contributed by atoms with Crippen LogP contribution in [-0.2, 0) is 36.9 Å². The minimum atomic E-state index is -5.27. The molecule has 2 aliphatic carbocycles. The Labute approximate surface area is 340 Å². The summed E-state index contributed by atoms with van der Waals surface area (Å²) in [6.07, 6.45) is -9.41. The van der Waals surface area contributed by atoms with Gasteiger partial charge < -0.3 is 5.11 Å². The molecule has 0 radical (unpaired) electrons. The highest BCUT2D eigenvalue weighted by molar-refractivity contribution is 6.30. The molecule has 2 N–H and O–H groups in total. The smallest absolute Gasteiger partial charge is 0.416 e. The number of nitrogens with one attached hydrogen (secondary N) is 1. The number of phenols is 1. The van der Waals surface area contributed by atoms with Gasteiger partial charge in [0, 0.05) is 21.9 Å². The van der Waals surface area contributed by atoms with Crippen molar-refractivity contribution in [1.82, 2.24) is 5.01 Å². The number of halogens is 8. The standard InChI is InChI=1S/C44H29ClF7N3O5/c45-25-8-6-22(7-9-25)42-34(39(58)55(41(42)60)53-27-12-10-26(46)11-13-27)20-33-30(36(42)32-14-5-21-3-1-2-4-29(21)37(32)56)15-16-31-35(33)40(59)54(38(31)57)28-18-23(43(47,48)49)17-24(19-28)44(50,51)52/h1-15,17-19,31,33-36,53,56H,16,20H2. The van der Waals surface area contributed by atoms with E-state index in [0.717, 1.165) is 17.1 Å². The molecule has 2 aliphatic heterocycles. The molecule has 8 nitrogen and oxygen atoms in total. The molecule has 5 aromatic carbocycles. The molecular formula is C44H29ClF7N3O5. The summed E-state index contributed by atoms with van der Waals surface area (Å²) in [7, 11) is 0. The lowest BCUT2D eigenvalue weighted by Gasteiger charge is -2.50. The lowest BCUT2D eigenvalue weighted by Crippen LogP contribution is -2.53. The molecule has 0 spiro atoms. The van der Waals surface area contributed by atoms with Gasteiger partial charge in [-0.25, -0.2) is 9.29 Å². The Morgan fingerprint density at radius 2 is 1.40 bits per heavy atom. The first-order valence-electron chi connectivity index (χ1n) is 18.7. The van der Waals surface area contributed by atoms with Gasteiger partial charge in [-0.3, -0.25) is 24.6 Å². The molecule has 2 heterocycles. The van der Waals surface area contributed by atoms with Crippen LogP contribution < -0.4 is 10.3 Å². The van der Waals surface area contributed by atoms with E-state index in [4.69, 9.17) is 11.6 Å². The van der Waals surface area contributed by atoms with Gasteiger partial charge in [0.1, 0.15) is 11.6 Å². The van der Waals surface area contributed by atoms with Crippen molar-refractivity contribution in [3.8, 4) is 5.75 Å². The second kappa shape index (κ2) is 13.7. The van der Waals surface area contributed by atoms with Crippen LogP contribution in [0.4, 0.5) is 42.1 Å². The van der Waals surface area contributed by atoms with Crippen LogP contribution in [0.3, 0.4) is 0 Å². The van der Waals surface area contributed by atoms with Gasteiger partial charge in [-0.1, -0.05) is 71.8 Å². The number of imide groups is 2. The molecule has 6 unspecified atom stereocenters. The normalized spacial score (nSPS) is 25.3. The largest absolute Gasteiger partial charge is 0.507 e. The maximum atomic E-state index is 15.4. The maximum absolute atomic E-state index is 15.4. The quantitative estimate of drug-likeness (QED) is 0.104. The summed E-state index contributed by atoms with van der Waals surface area (Å²) in [5.41, 5.74) is -2.43. The van der Waals surface area contributed by atoms with Crippen molar-refractivity contribution in [3.05, 3.63) is 148 Å². The first-order chi connectivity index (χ1) is 28.4. The Morgan fingerprint density at radius 3 is 2.05 bits per heavy atom. The van der Waals surface area contributed by atoms with Crippen LogP contribution in [0.5, 0.6) is 5.75 Å². The van der Waals surface area contributed by atoms with E-state index in [2.05, 4.69) is 5.43 Å². The molecule has 5 aromatic rings. The average Bonchev–Trinajstić information content (AvgIpc) is 3.59. The van der Waals surface area contributed by atoms with Crippen LogP contribution in [0.25, 0.3) is 10.8 Å². The number of alkyl halides is 6. The number of fused-ring (bicyclic) bond motifs is 5. The Morgan fingerprint density at radius 1 is 0.750 bits per heavy atom. The zero-order chi connectivity index (χ0) is 42.6. The minimum Gasteiger partial charge on any atom is -0.507 e. The van der Waals surface area contributed by atoms with Crippen molar-refractivity contribution in [3.63, 3.8) is 0 Å². The predicted octanol–water partition coefficient (Wildman–Crippen LogP) is 9.56. The van der Waals surface area contributed by atoms with E-state index in [9.17, 15) is 50.2 Å². The molecule has 16 heteroatoms. The van der Waals surface area contributed by atoms with Gasteiger partial charge in [0.25, 0.3) is 11.8 Å². The van der Waals surface area contributed by atoms with Crippen LogP contribution in [0.1, 0.15) is 41.0 Å². The van der Waals surface area contributed by atoms with E-state index in [1.165, 1.54) is 24.3 Å². The monoisotopic (exact) mass is 847 g/mol. The Balaban J connectivity index is 1.25. The lowest BCUT2D eigenvalue weighted by atomic mass is 9.49. The molecule has 9 rings (SSSR count). The third kappa shape index (κ3) is 5.87. The van der Waals surface area contributed by atoms with Gasteiger partial charge in [0.15, 0.2) is 0 Å². The Kier molecular flexibility index (Phi) is 8.94. The molecule has 60 heavy (non-hydrogen) atoms. The van der Waals surface area contributed by atoms with E-state index in [-0.39, 0.29) is 35.9 Å². The highest BCUT2D eigenvalue weighted by atomic mass is 35.5. The van der Waals surface area contributed by atoms with Crippen LogP contribution in [0, 0.1) is 29.5 Å². The number of allylic oxidation sites excluding steroid dienone is 2. The summed E-state index contributed by atoms with van der Waals surface area (Å²) >= 11 is 6.33. The number of carbonyl (C=O) groups excluding carboxylic acids is 4. The fourth-order valence-corrected chi connectivity index (χ4v) is 9.95. The number of hydrazine groups is 1. The van der Waals surface area contributed by atoms with Gasteiger partial charge in [0.05, 0.1) is 45.7 Å². The number of carbonyl (C=O) groups is 4.